The number of amides is 2. The van der Waals surface area contributed by atoms with E-state index in [-0.39, 0.29) is 19.2 Å². The lowest BCUT2D eigenvalue weighted by Crippen LogP contribution is -2.48. The van der Waals surface area contributed by atoms with Crippen LogP contribution < -0.4 is 10.2 Å². The number of carbonyl (C=O) groups is 2. The summed E-state index contributed by atoms with van der Waals surface area (Å²) in [5.41, 5.74) is 2.69. The van der Waals surface area contributed by atoms with Crippen LogP contribution in [-0.4, -0.2) is 50.8 Å². The lowest BCUT2D eigenvalue weighted by atomic mass is 10.1. The number of anilines is 1. The third-order valence-electron chi connectivity index (χ3n) is 5.34. The van der Waals surface area contributed by atoms with Gasteiger partial charge in [-0.05, 0) is 29.8 Å². The van der Waals surface area contributed by atoms with Gasteiger partial charge in [0.25, 0.3) is 5.91 Å². The summed E-state index contributed by atoms with van der Waals surface area (Å²) in [6, 6.07) is 16.8. The summed E-state index contributed by atoms with van der Waals surface area (Å²) >= 11 is 1.53. The van der Waals surface area contributed by atoms with Gasteiger partial charge in [-0.15, -0.1) is 16.9 Å². The standard InChI is InChI=1S/C23H20N6O2S.CH4/c1-29-20-15-8-5-11-24-16(15)9-10-18(20)32-13-17(23(29)31)25-22(30)21-26-19(27-28-21)12-14-6-3-2-4-7-14;/h2-11,17H,12-13H2,1H3,(H,25,30)(H,26,27,28);1H4/t17-;/m0./s1. The summed E-state index contributed by atoms with van der Waals surface area (Å²) in [6.07, 6.45) is 2.27. The number of benzene rings is 2. The monoisotopic (exact) mass is 460 g/mol. The molecule has 3 heterocycles. The van der Waals surface area contributed by atoms with E-state index < -0.39 is 11.9 Å². The first kappa shape index (κ1) is 22.5. The molecule has 0 saturated carbocycles. The molecule has 1 aliphatic heterocycles. The van der Waals surface area contributed by atoms with Crippen LogP contribution in [0.25, 0.3) is 10.9 Å². The van der Waals surface area contributed by atoms with Crippen LogP contribution in [0.4, 0.5) is 5.69 Å². The predicted molar refractivity (Wildman–Crippen MR) is 129 cm³/mol. The first-order valence-electron chi connectivity index (χ1n) is 10.1. The van der Waals surface area contributed by atoms with E-state index >= 15 is 0 Å². The molecule has 168 valence electrons. The van der Waals surface area contributed by atoms with Crippen molar-refractivity contribution in [3.63, 3.8) is 0 Å². The van der Waals surface area contributed by atoms with Crippen LogP contribution in [-0.2, 0) is 11.2 Å². The van der Waals surface area contributed by atoms with E-state index in [9.17, 15) is 9.59 Å². The third-order valence-corrected chi connectivity index (χ3v) is 6.48. The second kappa shape index (κ2) is 9.41. The van der Waals surface area contributed by atoms with Crippen molar-refractivity contribution < 1.29 is 9.59 Å². The molecule has 0 saturated heterocycles. The van der Waals surface area contributed by atoms with Gasteiger partial charge in [0.1, 0.15) is 11.9 Å². The van der Waals surface area contributed by atoms with Crippen LogP contribution in [0.15, 0.2) is 65.7 Å². The second-order valence-electron chi connectivity index (χ2n) is 7.48. The summed E-state index contributed by atoms with van der Waals surface area (Å²) in [5, 5.41) is 10.6. The summed E-state index contributed by atoms with van der Waals surface area (Å²) < 4.78 is 0. The molecule has 8 nitrogen and oxygen atoms in total. The van der Waals surface area contributed by atoms with E-state index in [1.807, 2.05) is 54.6 Å². The number of pyridine rings is 1. The molecule has 2 amide bonds. The number of H-pyrrole nitrogens is 1. The van der Waals surface area contributed by atoms with E-state index in [2.05, 4.69) is 25.5 Å². The van der Waals surface area contributed by atoms with Crippen LogP contribution in [0.1, 0.15) is 29.4 Å². The number of carbonyl (C=O) groups excluding carboxylic acids is 2. The van der Waals surface area contributed by atoms with Crippen LogP contribution >= 0.6 is 11.8 Å². The van der Waals surface area contributed by atoms with Gasteiger partial charge in [0, 0.05) is 35.7 Å². The van der Waals surface area contributed by atoms with Gasteiger partial charge in [0.2, 0.25) is 11.7 Å². The van der Waals surface area contributed by atoms with Gasteiger partial charge in [-0.1, -0.05) is 37.8 Å². The van der Waals surface area contributed by atoms with Crippen molar-refractivity contribution in [3.05, 3.63) is 78.0 Å². The van der Waals surface area contributed by atoms with Gasteiger partial charge in [-0.3, -0.25) is 19.7 Å². The van der Waals surface area contributed by atoms with Crippen molar-refractivity contribution in [2.24, 2.45) is 0 Å². The molecule has 0 spiro atoms. The van der Waals surface area contributed by atoms with Gasteiger partial charge in [-0.2, -0.15) is 0 Å². The molecule has 0 aliphatic carbocycles. The summed E-state index contributed by atoms with van der Waals surface area (Å²) in [4.78, 5) is 37.2. The predicted octanol–water partition coefficient (Wildman–Crippen LogP) is 3.45. The van der Waals surface area contributed by atoms with Crippen molar-refractivity contribution in [1.29, 1.82) is 0 Å². The van der Waals surface area contributed by atoms with Gasteiger partial charge in [0.05, 0.1) is 11.2 Å². The van der Waals surface area contributed by atoms with E-state index in [0.717, 1.165) is 27.0 Å². The van der Waals surface area contributed by atoms with Crippen molar-refractivity contribution in [2.75, 3.05) is 17.7 Å². The zero-order valence-electron chi connectivity index (χ0n) is 17.3. The lowest BCUT2D eigenvalue weighted by molar-refractivity contribution is -0.119. The minimum Gasteiger partial charge on any atom is -0.337 e. The fourth-order valence-corrected chi connectivity index (χ4v) is 4.88. The van der Waals surface area contributed by atoms with Crippen LogP contribution in [0.5, 0.6) is 0 Å². The van der Waals surface area contributed by atoms with E-state index in [4.69, 9.17) is 0 Å². The number of nitrogens with one attached hydrogen (secondary N) is 2. The first-order valence-corrected chi connectivity index (χ1v) is 11.1. The van der Waals surface area contributed by atoms with E-state index in [0.29, 0.717) is 18.0 Å². The highest BCUT2D eigenvalue weighted by Crippen LogP contribution is 2.38. The quantitative estimate of drug-likeness (QED) is 0.483. The Balaban J connectivity index is 0.00000259. The maximum atomic E-state index is 13.2. The molecule has 0 fully saturated rings. The van der Waals surface area contributed by atoms with E-state index in [1.165, 1.54) is 11.8 Å². The SMILES string of the molecule is C.CN1C(=O)[C@@H](NC(=O)c2n[nH]c(Cc3ccccc3)n2)CSc2ccc3ncccc3c21. The molecule has 2 aromatic heterocycles. The fourth-order valence-electron chi connectivity index (χ4n) is 3.76. The number of thioether (sulfide) groups is 1. The Morgan fingerprint density at radius 3 is 2.82 bits per heavy atom. The van der Waals surface area contributed by atoms with Crippen LogP contribution in [0.3, 0.4) is 0 Å². The number of hydrogen-bond donors (Lipinski definition) is 2. The van der Waals surface area contributed by atoms with Crippen molar-refractivity contribution in [2.45, 2.75) is 24.8 Å². The van der Waals surface area contributed by atoms with Crippen LogP contribution in [0, 0.1) is 0 Å². The van der Waals surface area contributed by atoms with Gasteiger partial charge in [-0.25, -0.2) is 4.98 Å². The summed E-state index contributed by atoms with van der Waals surface area (Å²) in [6.45, 7) is 0. The minimum absolute atomic E-state index is 0. The third kappa shape index (κ3) is 4.45. The first-order chi connectivity index (χ1) is 15.6. The van der Waals surface area contributed by atoms with Crippen LogP contribution in [0.2, 0.25) is 0 Å². The van der Waals surface area contributed by atoms with E-state index in [1.54, 1.807) is 18.1 Å². The molecular formula is C24H24N6O2S. The fraction of sp³-hybridized carbons (Fsp3) is 0.208. The Hall–Kier alpha value is -3.72. The summed E-state index contributed by atoms with van der Waals surface area (Å²) in [7, 11) is 1.73. The molecular weight excluding hydrogens is 436 g/mol. The Morgan fingerprint density at radius 1 is 1.18 bits per heavy atom. The van der Waals surface area contributed by atoms with Gasteiger partial charge in [0.15, 0.2) is 0 Å². The smallest absolute Gasteiger partial charge is 0.291 e. The Bertz CT molecular complexity index is 1310. The molecule has 0 unspecified atom stereocenters. The highest BCUT2D eigenvalue weighted by Gasteiger charge is 2.32. The number of likely N-dealkylation sites (N-methyl/N-ethyl adjacent to an activating group) is 1. The van der Waals surface area contributed by atoms with Crippen molar-refractivity contribution >= 4 is 40.2 Å². The average Bonchev–Trinajstić information content (AvgIpc) is 3.25. The molecule has 2 aromatic carbocycles. The zero-order valence-corrected chi connectivity index (χ0v) is 18.1. The topological polar surface area (TPSA) is 104 Å². The highest BCUT2D eigenvalue weighted by atomic mass is 32.2. The summed E-state index contributed by atoms with van der Waals surface area (Å²) in [5.74, 6) is 0.347. The number of nitrogens with zero attached hydrogens (tertiary/aromatic N) is 4. The average molecular weight is 461 g/mol. The highest BCUT2D eigenvalue weighted by molar-refractivity contribution is 7.99. The molecule has 0 bridgehead atoms. The Morgan fingerprint density at radius 2 is 2.00 bits per heavy atom. The van der Waals surface area contributed by atoms with Gasteiger partial charge < -0.3 is 10.2 Å². The number of hydrogen-bond acceptors (Lipinski definition) is 6. The van der Waals surface area contributed by atoms with Crippen molar-refractivity contribution in [3.8, 4) is 0 Å². The largest absolute Gasteiger partial charge is 0.337 e. The maximum Gasteiger partial charge on any atom is 0.291 e. The number of rotatable bonds is 4. The molecule has 5 rings (SSSR count). The Kier molecular flexibility index (Phi) is 6.41. The molecule has 2 N–H and O–H groups in total. The molecule has 9 heteroatoms. The minimum atomic E-state index is -0.701. The molecule has 4 aromatic rings. The molecule has 1 aliphatic rings. The zero-order chi connectivity index (χ0) is 22.1. The second-order valence-corrected chi connectivity index (χ2v) is 8.55. The van der Waals surface area contributed by atoms with Crippen molar-refractivity contribution in [1.82, 2.24) is 25.5 Å². The molecule has 33 heavy (non-hydrogen) atoms. The Labute approximate surface area is 195 Å². The molecule has 0 radical (unpaired) electrons. The normalized spacial score (nSPS) is 15.5. The maximum absolute atomic E-state index is 13.2. The number of aromatic nitrogens is 4. The lowest BCUT2D eigenvalue weighted by Gasteiger charge is -2.22. The molecule has 1 atom stereocenters. The number of aromatic amines is 1. The van der Waals surface area contributed by atoms with Gasteiger partial charge >= 0.3 is 0 Å². The number of fused-ring (bicyclic) bond motifs is 3.